The zero-order valence-corrected chi connectivity index (χ0v) is 14.1. The van der Waals surface area contributed by atoms with Gasteiger partial charge in [-0.25, -0.2) is 0 Å². The van der Waals surface area contributed by atoms with Crippen LogP contribution in [0.25, 0.3) is 6.08 Å². The van der Waals surface area contributed by atoms with Crippen LogP contribution < -0.4 is 9.64 Å². The Morgan fingerprint density at radius 3 is 2.29 bits per heavy atom. The molecule has 0 aliphatic heterocycles. The average molecular weight is 320 g/mol. The SMILES string of the molecule is C[C@@H](C#N)Oc1ccc(/C=C\C(=O)c2ccc(N(C)C)cc2)cc1. The fraction of sp³-hybridized carbons (Fsp3) is 0.200. The Hall–Kier alpha value is -3.06. The first-order valence-electron chi connectivity index (χ1n) is 7.66. The van der Waals surface area contributed by atoms with E-state index in [1.165, 1.54) is 0 Å². The molecule has 4 heteroatoms. The lowest BCUT2D eigenvalue weighted by Gasteiger charge is -2.11. The first-order valence-corrected chi connectivity index (χ1v) is 7.66. The Morgan fingerprint density at radius 1 is 1.12 bits per heavy atom. The fourth-order valence-corrected chi connectivity index (χ4v) is 2.08. The molecule has 0 unspecified atom stereocenters. The van der Waals surface area contributed by atoms with E-state index in [-0.39, 0.29) is 5.78 Å². The van der Waals surface area contributed by atoms with E-state index in [0.717, 1.165) is 11.3 Å². The molecule has 1 atom stereocenters. The summed E-state index contributed by atoms with van der Waals surface area (Å²) in [4.78, 5) is 14.2. The number of benzene rings is 2. The number of hydrogen-bond acceptors (Lipinski definition) is 4. The van der Waals surface area contributed by atoms with Gasteiger partial charge in [-0.2, -0.15) is 5.26 Å². The fourth-order valence-electron chi connectivity index (χ4n) is 2.08. The van der Waals surface area contributed by atoms with Gasteiger partial charge in [0.2, 0.25) is 0 Å². The van der Waals surface area contributed by atoms with Gasteiger partial charge in [0.15, 0.2) is 11.9 Å². The number of nitrogens with zero attached hydrogens (tertiary/aromatic N) is 2. The molecule has 2 aromatic carbocycles. The maximum atomic E-state index is 12.2. The molecule has 0 aliphatic carbocycles. The van der Waals surface area contributed by atoms with Crippen molar-refractivity contribution in [1.82, 2.24) is 0 Å². The number of anilines is 1. The Morgan fingerprint density at radius 2 is 1.75 bits per heavy atom. The number of carbonyl (C=O) groups excluding carboxylic acids is 1. The maximum Gasteiger partial charge on any atom is 0.185 e. The van der Waals surface area contributed by atoms with Crippen molar-refractivity contribution in [3.05, 3.63) is 65.7 Å². The predicted molar refractivity (Wildman–Crippen MR) is 96.3 cm³/mol. The third kappa shape index (κ3) is 4.72. The number of hydrogen-bond donors (Lipinski definition) is 0. The molecule has 2 rings (SSSR count). The van der Waals surface area contributed by atoms with Crippen molar-refractivity contribution < 1.29 is 9.53 Å². The van der Waals surface area contributed by atoms with Crippen molar-refractivity contribution in [2.45, 2.75) is 13.0 Å². The van der Waals surface area contributed by atoms with E-state index >= 15 is 0 Å². The standard InChI is InChI=1S/C20H20N2O2/c1-15(14-21)24-19-11-4-16(5-12-19)6-13-20(23)17-7-9-18(10-8-17)22(2)3/h4-13,15H,1-3H3/b13-6-/t15-/m0/s1. The van der Waals surface area contributed by atoms with Crippen LogP contribution in [0.5, 0.6) is 5.75 Å². The molecule has 2 aromatic rings. The molecule has 0 saturated heterocycles. The molecule has 0 amide bonds. The van der Waals surface area contributed by atoms with Gasteiger partial charge in [0.1, 0.15) is 11.8 Å². The molecule has 4 nitrogen and oxygen atoms in total. The number of nitriles is 1. The molecule has 0 heterocycles. The highest BCUT2D eigenvalue weighted by Crippen LogP contribution is 2.16. The second-order valence-corrected chi connectivity index (χ2v) is 5.60. The summed E-state index contributed by atoms with van der Waals surface area (Å²) in [6, 6.07) is 16.8. The molecular weight excluding hydrogens is 300 g/mol. The van der Waals surface area contributed by atoms with Crippen molar-refractivity contribution in [1.29, 1.82) is 5.26 Å². The minimum Gasteiger partial charge on any atom is -0.476 e. The summed E-state index contributed by atoms with van der Waals surface area (Å²) >= 11 is 0. The monoisotopic (exact) mass is 320 g/mol. The molecule has 0 spiro atoms. The van der Waals surface area contributed by atoms with Gasteiger partial charge in [-0.3, -0.25) is 4.79 Å². The van der Waals surface area contributed by atoms with Crippen LogP contribution in [-0.2, 0) is 0 Å². The average Bonchev–Trinajstić information content (AvgIpc) is 2.60. The predicted octanol–water partition coefficient (Wildman–Crippen LogP) is 3.94. The minimum atomic E-state index is -0.488. The first kappa shape index (κ1) is 17.3. The molecule has 0 saturated carbocycles. The maximum absolute atomic E-state index is 12.2. The first-order chi connectivity index (χ1) is 11.5. The van der Waals surface area contributed by atoms with Crippen LogP contribution in [0, 0.1) is 11.3 Å². The molecule has 0 aromatic heterocycles. The van der Waals surface area contributed by atoms with Crippen molar-refractivity contribution in [3.8, 4) is 11.8 Å². The van der Waals surface area contributed by atoms with E-state index in [1.807, 2.05) is 61.5 Å². The van der Waals surface area contributed by atoms with E-state index in [1.54, 1.807) is 31.2 Å². The molecule has 0 aliphatic rings. The normalized spacial score (nSPS) is 11.8. The number of carbonyl (C=O) groups is 1. The highest BCUT2D eigenvalue weighted by Gasteiger charge is 2.03. The zero-order chi connectivity index (χ0) is 17.5. The van der Waals surface area contributed by atoms with Crippen LogP contribution in [0.1, 0.15) is 22.8 Å². The third-order valence-corrected chi connectivity index (χ3v) is 3.47. The van der Waals surface area contributed by atoms with E-state index < -0.39 is 6.10 Å². The van der Waals surface area contributed by atoms with E-state index in [0.29, 0.717) is 11.3 Å². The van der Waals surface area contributed by atoms with Crippen LogP contribution in [0.3, 0.4) is 0 Å². The second-order valence-electron chi connectivity index (χ2n) is 5.60. The topological polar surface area (TPSA) is 53.3 Å². The van der Waals surface area contributed by atoms with Crippen molar-refractivity contribution in [2.24, 2.45) is 0 Å². The van der Waals surface area contributed by atoms with E-state index in [4.69, 9.17) is 10.00 Å². The van der Waals surface area contributed by atoms with Gasteiger partial charge in [-0.05, 0) is 55.0 Å². The number of ketones is 1. The smallest absolute Gasteiger partial charge is 0.185 e. The third-order valence-electron chi connectivity index (χ3n) is 3.47. The summed E-state index contributed by atoms with van der Waals surface area (Å²) in [5, 5.41) is 8.73. The van der Waals surface area contributed by atoms with Gasteiger partial charge in [0.05, 0.1) is 0 Å². The van der Waals surface area contributed by atoms with Crippen LogP contribution in [0.4, 0.5) is 5.69 Å². The summed E-state index contributed by atoms with van der Waals surface area (Å²) < 4.78 is 5.39. The number of rotatable bonds is 6. The van der Waals surface area contributed by atoms with Crippen LogP contribution in [-0.4, -0.2) is 26.0 Å². The summed E-state index contributed by atoms with van der Waals surface area (Å²) in [7, 11) is 3.92. The Kier molecular flexibility index (Phi) is 5.75. The lowest BCUT2D eigenvalue weighted by molar-refractivity contribution is 0.104. The Bertz CT molecular complexity index is 754. The van der Waals surface area contributed by atoms with Gasteiger partial charge < -0.3 is 9.64 Å². The molecular formula is C20H20N2O2. The van der Waals surface area contributed by atoms with Gasteiger partial charge in [-0.1, -0.05) is 18.2 Å². The summed E-state index contributed by atoms with van der Waals surface area (Å²) in [6.45, 7) is 1.69. The minimum absolute atomic E-state index is 0.0428. The largest absolute Gasteiger partial charge is 0.476 e. The van der Waals surface area contributed by atoms with Gasteiger partial charge in [0, 0.05) is 25.3 Å². The van der Waals surface area contributed by atoms with E-state index in [9.17, 15) is 4.79 Å². The lowest BCUT2D eigenvalue weighted by atomic mass is 10.1. The highest BCUT2D eigenvalue weighted by molar-refractivity contribution is 6.06. The van der Waals surface area contributed by atoms with Crippen LogP contribution >= 0.6 is 0 Å². The summed E-state index contributed by atoms with van der Waals surface area (Å²) in [6.07, 6.45) is 2.83. The molecule has 122 valence electrons. The molecule has 0 N–H and O–H groups in total. The second kappa shape index (κ2) is 7.98. The van der Waals surface area contributed by atoms with Gasteiger partial charge in [-0.15, -0.1) is 0 Å². The van der Waals surface area contributed by atoms with E-state index in [2.05, 4.69) is 0 Å². The van der Waals surface area contributed by atoms with Crippen LogP contribution in [0.2, 0.25) is 0 Å². The van der Waals surface area contributed by atoms with Crippen molar-refractivity contribution in [2.75, 3.05) is 19.0 Å². The molecule has 24 heavy (non-hydrogen) atoms. The molecule has 0 bridgehead atoms. The summed E-state index contributed by atoms with van der Waals surface area (Å²) in [5.41, 5.74) is 2.60. The van der Waals surface area contributed by atoms with Crippen molar-refractivity contribution in [3.63, 3.8) is 0 Å². The number of ether oxygens (including phenoxy) is 1. The highest BCUT2D eigenvalue weighted by atomic mass is 16.5. The number of allylic oxidation sites excluding steroid dienone is 1. The van der Waals surface area contributed by atoms with Crippen molar-refractivity contribution >= 4 is 17.5 Å². The summed E-state index contributed by atoms with van der Waals surface area (Å²) in [5.74, 6) is 0.588. The zero-order valence-electron chi connectivity index (χ0n) is 14.1. The Labute approximate surface area is 142 Å². The lowest BCUT2D eigenvalue weighted by Crippen LogP contribution is -2.08. The van der Waals surface area contributed by atoms with Crippen LogP contribution in [0.15, 0.2) is 54.6 Å². The van der Waals surface area contributed by atoms with Gasteiger partial charge >= 0.3 is 0 Å². The Balaban J connectivity index is 2.02. The molecule has 0 radical (unpaired) electrons. The molecule has 0 fully saturated rings. The quantitative estimate of drug-likeness (QED) is 0.597. The van der Waals surface area contributed by atoms with Gasteiger partial charge in [0.25, 0.3) is 0 Å².